The van der Waals surface area contributed by atoms with Gasteiger partial charge >= 0.3 is 0 Å². The summed E-state index contributed by atoms with van der Waals surface area (Å²) >= 11 is 1.48. The van der Waals surface area contributed by atoms with Gasteiger partial charge in [-0.3, -0.25) is 10.2 Å². The third-order valence-corrected chi connectivity index (χ3v) is 7.40. The van der Waals surface area contributed by atoms with Gasteiger partial charge in [-0.05, 0) is 52.8 Å². The molecule has 1 saturated heterocycles. The number of fused-ring (bicyclic) bond motifs is 1. The first-order chi connectivity index (χ1) is 17.5. The van der Waals surface area contributed by atoms with Crippen LogP contribution in [-0.4, -0.2) is 22.2 Å². The van der Waals surface area contributed by atoms with Crippen LogP contribution in [0.25, 0.3) is 6.08 Å². The van der Waals surface area contributed by atoms with Crippen molar-refractivity contribution in [3.63, 3.8) is 0 Å². The van der Waals surface area contributed by atoms with Gasteiger partial charge in [0.15, 0.2) is 5.50 Å². The molecule has 2 atom stereocenters. The molecule has 1 N–H and O–H groups in total. The second kappa shape index (κ2) is 10.6. The number of hydrogen-bond donors (Lipinski definition) is 1. The Morgan fingerprint density at radius 2 is 1.69 bits per heavy atom. The monoisotopic (exact) mass is 497 g/mol. The van der Waals surface area contributed by atoms with Gasteiger partial charge in [0.05, 0.1) is 4.91 Å². The number of ether oxygens (including phenoxy) is 1. The first kappa shape index (κ1) is 24.2. The van der Waals surface area contributed by atoms with Crippen molar-refractivity contribution >= 4 is 29.6 Å². The molecule has 5 rings (SSSR count). The fourth-order valence-corrected chi connectivity index (χ4v) is 5.38. The predicted molar refractivity (Wildman–Crippen MR) is 147 cm³/mol. The van der Waals surface area contributed by atoms with E-state index in [1.54, 1.807) is 5.01 Å². The summed E-state index contributed by atoms with van der Waals surface area (Å²) in [6.07, 6.45) is 2.99. The lowest BCUT2D eigenvalue weighted by atomic mass is 9.96. The highest BCUT2D eigenvalue weighted by molar-refractivity contribution is 8.05. The fourth-order valence-electron chi connectivity index (χ4n) is 4.33. The van der Waals surface area contributed by atoms with Gasteiger partial charge in [0, 0.05) is 5.92 Å². The Bertz CT molecular complexity index is 1270. The number of amides is 1. The Kier molecular flexibility index (Phi) is 7.14. The van der Waals surface area contributed by atoms with E-state index >= 15 is 0 Å². The molecule has 0 saturated carbocycles. The van der Waals surface area contributed by atoms with E-state index < -0.39 is 0 Å². The van der Waals surface area contributed by atoms with Crippen molar-refractivity contribution in [3.8, 4) is 5.75 Å². The number of thioether (sulfide) groups is 1. The van der Waals surface area contributed by atoms with Gasteiger partial charge in [-0.2, -0.15) is 0 Å². The highest BCUT2D eigenvalue weighted by Gasteiger charge is 2.41. The number of carbonyl (C=O) groups excluding carboxylic acids is 1. The SMILES string of the molecule is CC(C)Cc1ccc(C(C)C2=NC3S/C(=C/c4ccc(OCc5ccccc5)cc4)C(=O)N3N2)cc1. The zero-order valence-corrected chi connectivity index (χ0v) is 21.7. The van der Waals surface area contributed by atoms with Crippen molar-refractivity contribution in [1.29, 1.82) is 0 Å². The lowest BCUT2D eigenvalue weighted by Gasteiger charge is -2.17. The van der Waals surface area contributed by atoms with Crippen LogP contribution in [-0.2, 0) is 17.8 Å². The van der Waals surface area contributed by atoms with Crippen molar-refractivity contribution < 1.29 is 9.53 Å². The summed E-state index contributed by atoms with van der Waals surface area (Å²) in [5, 5.41) is 1.63. The number of carbonyl (C=O) groups is 1. The number of amidine groups is 1. The largest absolute Gasteiger partial charge is 0.489 e. The molecule has 3 aromatic rings. The zero-order chi connectivity index (χ0) is 25.1. The Morgan fingerprint density at radius 3 is 2.36 bits per heavy atom. The van der Waals surface area contributed by atoms with Gasteiger partial charge in [-0.15, -0.1) is 0 Å². The molecule has 36 heavy (non-hydrogen) atoms. The van der Waals surface area contributed by atoms with Crippen LogP contribution in [0.3, 0.4) is 0 Å². The molecule has 2 aliphatic rings. The normalized spacial score (nSPS) is 18.8. The van der Waals surface area contributed by atoms with E-state index in [1.165, 1.54) is 22.9 Å². The maximum atomic E-state index is 13.0. The molecule has 0 bridgehead atoms. The lowest BCUT2D eigenvalue weighted by Crippen LogP contribution is -2.41. The molecule has 0 aliphatic carbocycles. The summed E-state index contributed by atoms with van der Waals surface area (Å²) < 4.78 is 5.86. The van der Waals surface area contributed by atoms with Gasteiger partial charge in [0.2, 0.25) is 0 Å². The molecule has 2 aliphatic heterocycles. The molecule has 0 radical (unpaired) electrons. The summed E-state index contributed by atoms with van der Waals surface area (Å²) in [5.74, 6) is 2.31. The van der Waals surface area contributed by atoms with Crippen molar-refractivity contribution in [2.75, 3.05) is 0 Å². The number of nitrogens with zero attached hydrogens (tertiary/aromatic N) is 2. The number of aliphatic imine (C=N–C) groups is 1. The first-order valence-electron chi connectivity index (χ1n) is 12.4. The zero-order valence-electron chi connectivity index (χ0n) is 20.8. The third-order valence-electron chi connectivity index (χ3n) is 6.33. The topological polar surface area (TPSA) is 53.9 Å². The Hall–Kier alpha value is -3.51. The number of hydrazine groups is 1. The molecule has 1 amide bonds. The fraction of sp³-hybridized carbons (Fsp3) is 0.267. The minimum Gasteiger partial charge on any atom is -0.489 e. The molecule has 3 aromatic carbocycles. The minimum absolute atomic E-state index is 0.0485. The average Bonchev–Trinajstić information content (AvgIpc) is 3.43. The summed E-state index contributed by atoms with van der Waals surface area (Å²) in [4.78, 5) is 18.5. The Balaban J connectivity index is 1.20. The average molecular weight is 498 g/mol. The second-order valence-corrected chi connectivity index (χ2v) is 10.8. The third kappa shape index (κ3) is 5.49. The van der Waals surface area contributed by atoms with E-state index in [9.17, 15) is 4.79 Å². The number of rotatable bonds is 8. The highest BCUT2D eigenvalue weighted by Crippen LogP contribution is 2.39. The van der Waals surface area contributed by atoms with Crippen LogP contribution in [0.2, 0.25) is 0 Å². The van der Waals surface area contributed by atoms with E-state index in [0.29, 0.717) is 17.4 Å². The summed E-state index contributed by atoms with van der Waals surface area (Å²) in [7, 11) is 0. The van der Waals surface area contributed by atoms with Crippen molar-refractivity contribution in [2.24, 2.45) is 10.9 Å². The lowest BCUT2D eigenvalue weighted by molar-refractivity contribution is -0.127. The maximum absolute atomic E-state index is 13.0. The van der Waals surface area contributed by atoms with Gasteiger partial charge in [0.25, 0.3) is 5.91 Å². The predicted octanol–water partition coefficient (Wildman–Crippen LogP) is 6.38. The van der Waals surface area contributed by atoms with Crippen LogP contribution in [0.1, 0.15) is 48.9 Å². The van der Waals surface area contributed by atoms with E-state index in [4.69, 9.17) is 9.73 Å². The van der Waals surface area contributed by atoms with Crippen molar-refractivity contribution in [2.45, 2.75) is 45.2 Å². The summed E-state index contributed by atoms with van der Waals surface area (Å²) in [5.41, 5.74) is 7.61. The molecule has 2 unspecified atom stereocenters. The standard InChI is InChI=1S/C30H31N3O2S/c1-20(2)17-22-9-13-25(14-10-22)21(3)28-31-30-33(32-28)29(34)27(36-30)18-23-11-15-26(16-12-23)35-19-24-7-5-4-6-8-24/h4-16,18,20-21,30H,17,19H2,1-3H3,(H,31,32)/b27-18+. The van der Waals surface area contributed by atoms with Crippen LogP contribution >= 0.6 is 11.8 Å². The van der Waals surface area contributed by atoms with Crippen molar-refractivity contribution in [3.05, 3.63) is 106 Å². The molecular formula is C30H31N3O2S. The number of hydrogen-bond acceptors (Lipinski definition) is 5. The van der Waals surface area contributed by atoms with Crippen LogP contribution in [0.15, 0.2) is 88.8 Å². The highest BCUT2D eigenvalue weighted by atomic mass is 32.2. The number of nitrogens with one attached hydrogen (secondary N) is 1. The molecule has 0 aromatic heterocycles. The van der Waals surface area contributed by atoms with Gasteiger partial charge in [-0.25, -0.2) is 10.0 Å². The summed E-state index contributed by atoms with van der Waals surface area (Å²) in [6, 6.07) is 26.6. The van der Waals surface area contributed by atoms with Crippen LogP contribution in [0, 0.1) is 5.92 Å². The molecule has 0 spiro atoms. The minimum atomic E-state index is -0.269. The Morgan fingerprint density at radius 1 is 0.972 bits per heavy atom. The first-order valence-corrected chi connectivity index (χ1v) is 13.3. The molecule has 6 heteroatoms. The maximum Gasteiger partial charge on any atom is 0.281 e. The molecule has 184 valence electrons. The van der Waals surface area contributed by atoms with Gasteiger partial charge in [0.1, 0.15) is 18.2 Å². The van der Waals surface area contributed by atoms with E-state index in [0.717, 1.165) is 29.1 Å². The Labute approximate surface area is 217 Å². The quantitative estimate of drug-likeness (QED) is 0.367. The van der Waals surface area contributed by atoms with Crippen molar-refractivity contribution in [1.82, 2.24) is 10.4 Å². The van der Waals surface area contributed by atoms with Gasteiger partial charge in [-0.1, -0.05) is 99.3 Å². The number of benzene rings is 3. The van der Waals surface area contributed by atoms with Gasteiger partial charge < -0.3 is 4.74 Å². The smallest absolute Gasteiger partial charge is 0.281 e. The molecular weight excluding hydrogens is 466 g/mol. The van der Waals surface area contributed by atoms with Crippen LogP contribution in [0.4, 0.5) is 0 Å². The van der Waals surface area contributed by atoms with E-state index in [2.05, 4.69) is 50.5 Å². The van der Waals surface area contributed by atoms with E-state index in [-0.39, 0.29) is 17.3 Å². The molecule has 2 heterocycles. The summed E-state index contributed by atoms with van der Waals surface area (Å²) in [6.45, 7) is 7.11. The van der Waals surface area contributed by atoms with Crippen LogP contribution < -0.4 is 10.2 Å². The van der Waals surface area contributed by atoms with E-state index in [1.807, 2.05) is 60.7 Å². The molecule has 1 fully saturated rings. The molecule has 5 nitrogen and oxygen atoms in total. The van der Waals surface area contributed by atoms with Crippen LogP contribution in [0.5, 0.6) is 5.75 Å². The second-order valence-electron chi connectivity index (χ2n) is 9.66.